The van der Waals surface area contributed by atoms with E-state index in [4.69, 9.17) is 11.1 Å². The molecule has 0 unspecified atom stereocenters. The number of piperidine rings is 1. The van der Waals surface area contributed by atoms with Crippen LogP contribution in [0.15, 0.2) is 78.6 Å². The van der Waals surface area contributed by atoms with Gasteiger partial charge in [0.2, 0.25) is 17.7 Å². The minimum atomic E-state index is -0.772. The highest BCUT2D eigenvalue weighted by Gasteiger charge is 2.43. The van der Waals surface area contributed by atoms with Crippen molar-refractivity contribution < 1.29 is 19.2 Å². The Labute approximate surface area is 294 Å². The summed E-state index contributed by atoms with van der Waals surface area (Å²) in [6, 6.07) is 18.6. The van der Waals surface area contributed by atoms with E-state index in [1.54, 1.807) is 34.2 Å². The molecular formula is C38H48N8O4. The molecule has 2 aromatic carbocycles. The number of pyridine rings is 1. The number of hydrogen-bond acceptors (Lipinski definition) is 8. The monoisotopic (exact) mass is 680 g/mol. The van der Waals surface area contributed by atoms with Gasteiger partial charge in [0.15, 0.2) is 0 Å². The molecule has 0 bridgehead atoms. The fraction of sp³-hybridized carbons (Fsp3) is 0.368. The zero-order chi connectivity index (χ0) is 36.1. The van der Waals surface area contributed by atoms with E-state index in [-0.39, 0.29) is 48.8 Å². The molecule has 0 spiro atoms. The number of likely N-dealkylation sites (tertiary alicyclic amines) is 1. The van der Waals surface area contributed by atoms with Gasteiger partial charge < -0.3 is 36.9 Å². The molecule has 4 rings (SSSR count). The molecule has 2 heterocycles. The van der Waals surface area contributed by atoms with E-state index in [2.05, 4.69) is 20.9 Å². The van der Waals surface area contributed by atoms with E-state index in [9.17, 15) is 19.2 Å². The maximum Gasteiger partial charge on any atom is 0.269 e. The molecule has 4 amide bonds. The minimum Gasteiger partial charge on any atom is -0.394 e. The van der Waals surface area contributed by atoms with Gasteiger partial charge in [-0.1, -0.05) is 50.2 Å². The number of anilines is 2. The van der Waals surface area contributed by atoms with Crippen LogP contribution in [0.3, 0.4) is 0 Å². The summed E-state index contributed by atoms with van der Waals surface area (Å²) in [6.07, 6.45) is 6.05. The van der Waals surface area contributed by atoms with E-state index in [1.165, 1.54) is 6.08 Å². The van der Waals surface area contributed by atoms with Gasteiger partial charge in [-0.05, 0) is 85.3 Å². The fourth-order valence-electron chi connectivity index (χ4n) is 6.40. The molecule has 12 nitrogen and oxygen atoms in total. The second-order valence-electron chi connectivity index (χ2n) is 12.5. The average molecular weight is 681 g/mol. The van der Waals surface area contributed by atoms with Crippen LogP contribution in [0.4, 0.5) is 11.5 Å². The van der Waals surface area contributed by atoms with Gasteiger partial charge in [0, 0.05) is 44.3 Å². The summed E-state index contributed by atoms with van der Waals surface area (Å²) in [5, 5.41) is 16.2. The third kappa shape index (κ3) is 9.63. The van der Waals surface area contributed by atoms with Crippen LogP contribution >= 0.6 is 0 Å². The second kappa shape index (κ2) is 17.9. The number of amides is 4. The Bertz CT molecular complexity index is 1700. The van der Waals surface area contributed by atoms with E-state index < -0.39 is 5.41 Å². The first-order valence-corrected chi connectivity index (χ1v) is 17.0. The van der Waals surface area contributed by atoms with Crippen molar-refractivity contribution in [1.29, 1.82) is 5.41 Å². The summed E-state index contributed by atoms with van der Waals surface area (Å²) in [6.45, 7) is 5.30. The summed E-state index contributed by atoms with van der Waals surface area (Å²) in [5.41, 5.74) is 9.34. The number of nitrogens with two attached hydrogens (primary N) is 1. The molecule has 50 heavy (non-hydrogen) atoms. The smallest absolute Gasteiger partial charge is 0.269 e. The van der Waals surface area contributed by atoms with Gasteiger partial charge >= 0.3 is 0 Å². The van der Waals surface area contributed by atoms with Gasteiger partial charge in [0.1, 0.15) is 12.4 Å². The van der Waals surface area contributed by atoms with Crippen molar-refractivity contribution in [3.05, 3.63) is 101 Å². The Morgan fingerprint density at radius 1 is 0.940 bits per heavy atom. The van der Waals surface area contributed by atoms with E-state index in [0.717, 1.165) is 28.5 Å². The van der Waals surface area contributed by atoms with Crippen molar-refractivity contribution in [2.45, 2.75) is 59.0 Å². The van der Waals surface area contributed by atoms with E-state index in [0.29, 0.717) is 56.8 Å². The molecule has 0 radical (unpaired) electrons. The highest BCUT2D eigenvalue weighted by molar-refractivity contribution is 5.97. The van der Waals surface area contributed by atoms with E-state index in [1.807, 2.05) is 63.4 Å². The Kier molecular flexibility index (Phi) is 13.4. The van der Waals surface area contributed by atoms with Crippen molar-refractivity contribution in [3.8, 4) is 0 Å². The number of nitrogens with one attached hydrogen (secondary N) is 4. The molecule has 3 aromatic rings. The predicted octanol–water partition coefficient (Wildman–Crippen LogP) is 4.02. The maximum atomic E-state index is 14.5. The highest BCUT2D eigenvalue weighted by atomic mass is 16.2. The lowest BCUT2D eigenvalue weighted by Crippen LogP contribution is -2.52. The highest BCUT2D eigenvalue weighted by Crippen LogP contribution is 2.38. The SMILES string of the molecule is CCc1ccc(NC(=O)CN(Cc2ccccc2CNC)C(=O)C2(CC)CCN(C(=O)/C(N)=C/C=N)CC2)cc1CC(=O)Nc1ccccn1. The number of nitrogens with zero attached hydrogens (tertiary/aromatic N) is 3. The zero-order valence-corrected chi connectivity index (χ0v) is 29.1. The van der Waals surface area contributed by atoms with Crippen LogP contribution < -0.4 is 21.7 Å². The lowest BCUT2D eigenvalue weighted by Gasteiger charge is -2.43. The molecule has 12 heteroatoms. The number of carbonyl (C=O) groups excluding carboxylic acids is 4. The fourth-order valence-corrected chi connectivity index (χ4v) is 6.40. The summed E-state index contributed by atoms with van der Waals surface area (Å²) in [4.78, 5) is 61.3. The van der Waals surface area contributed by atoms with Crippen molar-refractivity contribution >= 4 is 41.3 Å². The topological polar surface area (TPSA) is 174 Å². The average Bonchev–Trinajstić information content (AvgIpc) is 3.12. The first-order valence-electron chi connectivity index (χ1n) is 17.0. The molecule has 1 saturated heterocycles. The molecule has 6 N–H and O–H groups in total. The number of aryl methyl sites for hydroxylation is 1. The lowest BCUT2D eigenvalue weighted by atomic mass is 9.74. The predicted molar refractivity (Wildman–Crippen MR) is 195 cm³/mol. The first kappa shape index (κ1) is 37.5. The molecule has 1 aliphatic heterocycles. The van der Waals surface area contributed by atoms with Gasteiger partial charge in [-0.15, -0.1) is 0 Å². The molecule has 1 aromatic heterocycles. The summed E-state index contributed by atoms with van der Waals surface area (Å²) >= 11 is 0. The van der Waals surface area contributed by atoms with Gasteiger partial charge in [-0.25, -0.2) is 4.98 Å². The number of allylic oxidation sites excluding steroid dienone is 1. The first-order chi connectivity index (χ1) is 24.1. The van der Waals surface area contributed by atoms with Gasteiger partial charge in [0.25, 0.3) is 5.91 Å². The molecule has 0 atom stereocenters. The molecule has 0 aliphatic carbocycles. The number of benzene rings is 2. The maximum absolute atomic E-state index is 14.5. The van der Waals surface area contributed by atoms with Gasteiger partial charge in [-0.3, -0.25) is 19.2 Å². The number of rotatable bonds is 15. The Hall–Kier alpha value is -5.36. The van der Waals surface area contributed by atoms with Crippen LogP contribution in [-0.2, 0) is 45.1 Å². The normalized spacial score (nSPS) is 14.1. The van der Waals surface area contributed by atoms with Crippen molar-refractivity contribution in [3.63, 3.8) is 0 Å². The zero-order valence-electron chi connectivity index (χ0n) is 29.1. The number of carbonyl (C=O) groups is 4. The molecule has 264 valence electrons. The van der Waals surface area contributed by atoms with Gasteiger partial charge in [-0.2, -0.15) is 0 Å². The number of aromatic nitrogens is 1. The van der Waals surface area contributed by atoms with Crippen molar-refractivity contribution in [2.24, 2.45) is 11.1 Å². The third-order valence-corrected chi connectivity index (χ3v) is 9.27. The summed E-state index contributed by atoms with van der Waals surface area (Å²) in [7, 11) is 1.86. The summed E-state index contributed by atoms with van der Waals surface area (Å²) in [5.74, 6) is -0.610. The van der Waals surface area contributed by atoms with Crippen molar-refractivity contribution in [1.82, 2.24) is 20.1 Å². The molecule has 0 saturated carbocycles. The molecular weight excluding hydrogens is 632 g/mol. The quantitative estimate of drug-likeness (QED) is 0.119. The lowest BCUT2D eigenvalue weighted by molar-refractivity contribution is -0.150. The minimum absolute atomic E-state index is 0.0151. The summed E-state index contributed by atoms with van der Waals surface area (Å²) < 4.78 is 0. The third-order valence-electron chi connectivity index (χ3n) is 9.27. The standard InChI is InChI=1S/C38H48N8O4/c1-4-27-13-14-31(22-30(27)23-34(47)44-33-12-8-9-19-42-33)43-35(48)26-46(25-29-11-7-6-10-28(29)24-41-3)37(50)38(5-2)16-20-45(21-17-38)36(49)32(40)15-18-39/h6-15,18-19,22,39,41H,4-5,16-17,20-21,23-26,40H2,1-3H3,(H,43,48)(H,42,44,47)/b32-15-,39-18?. The van der Waals surface area contributed by atoms with Crippen LogP contribution in [0, 0.1) is 10.8 Å². The van der Waals surface area contributed by atoms with Crippen LogP contribution in [-0.4, -0.2) is 71.3 Å². The van der Waals surface area contributed by atoms with E-state index >= 15 is 0 Å². The Balaban J connectivity index is 1.54. The second-order valence-corrected chi connectivity index (χ2v) is 12.5. The molecule has 1 fully saturated rings. The Morgan fingerprint density at radius 3 is 2.30 bits per heavy atom. The van der Waals surface area contributed by atoms with Crippen LogP contribution in [0.1, 0.15) is 55.4 Å². The number of hydrogen-bond donors (Lipinski definition) is 5. The Morgan fingerprint density at radius 2 is 1.66 bits per heavy atom. The van der Waals surface area contributed by atoms with Crippen LogP contribution in [0.25, 0.3) is 0 Å². The van der Waals surface area contributed by atoms with Crippen LogP contribution in [0.5, 0.6) is 0 Å². The van der Waals surface area contributed by atoms with Crippen molar-refractivity contribution in [2.75, 3.05) is 37.3 Å². The largest absolute Gasteiger partial charge is 0.394 e. The van der Waals surface area contributed by atoms with Crippen LogP contribution in [0.2, 0.25) is 0 Å². The van der Waals surface area contributed by atoms with Gasteiger partial charge in [0.05, 0.1) is 17.5 Å². The molecule has 1 aliphatic rings.